The van der Waals surface area contributed by atoms with Gasteiger partial charge >= 0.3 is 5.97 Å². The van der Waals surface area contributed by atoms with Crippen molar-refractivity contribution in [3.05, 3.63) is 106 Å². The van der Waals surface area contributed by atoms with Gasteiger partial charge < -0.3 is 14.5 Å². The molecule has 3 rings (SSSR count). The Morgan fingerprint density at radius 3 is 2.34 bits per heavy atom. The molecule has 0 fully saturated rings. The van der Waals surface area contributed by atoms with Crippen LogP contribution < -0.4 is 0 Å². The zero-order chi connectivity index (χ0) is 28.1. The molecule has 0 amide bonds. The van der Waals surface area contributed by atoms with E-state index in [1.54, 1.807) is 43.6 Å². The van der Waals surface area contributed by atoms with Crippen molar-refractivity contribution in [2.75, 3.05) is 14.2 Å². The lowest BCUT2D eigenvalue weighted by Crippen LogP contribution is -2.10. The topological polar surface area (TPSA) is 47.9 Å². The van der Waals surface area contributed by atoms with Crippen molar-refractivity contribution < 1.29 is 18.7 Å². The fourth-order valence-electron chi connectivity index (χ4n) is 3.58. The van der Waals surface area contributed by atoms with Crippen molar-refractivity contribution in [2.24, 2.45) is 4.99 Å². The van der Waals surface area contributed by atoms with Gasteiger partial charge in [-0.1, -0.05) is 66.1 Å². The van der Waals surface area contributed by atoms with Crippen molar-refractivity contribution in [2.45, 2.75) is 27.4 Å². The lowest BCUT2D eigenvalue weighted by Gasteiger charge is -2.20. The molecule has 0 radical (unpaired) electrons. The lowest BCUT2D eigenvalue weighted by molar-refractivity contribution is -0.135. The van der Waals surface area contributed by atoms with Gasteiger partial charge in [0.25, 0.3) is 0 Å². The fourth-order valence-corrected chi connectivity index (χ4v) is 3.77. The van der Waals surface area contributed by atoms with Gasteiger partial charge in [0.1, 0.15) is 12.4 Å². The van der Waals surface area contributed by atoms with E-state index in [-0.39, 0.29) is 17.9 Å². The molecule has 196 valence electrons. The summed E-state index contributed by atoms with van der Waals surface area (Å²) in [5.74, 6) is 1.38. The molecule has 0 aliphatic rings. The predicted molar refractivity (Wildman–Crippen MR) is 155 cm³/mol. The molecule has 3 aromatic rings. The standard InChI is InChI=1S/C29H24ClFO3.C3H7N/c1-5-19(3)26-24(15-16-25(31)27(26)21-13-10-14-22(30)17-21)28(23(6-2)29(32)33-4)34-18-20-11-8-7-9-12-20;1-3-4-2/h2,5,7-17H,18H2,1,3-4H3;3H,1-2H3/b19-5-,28-23-;. The Bertz CT molecular complexity index is 1380. The molecule has 0 saturated carbocycles. The number of hydrogen-bond acceptors (Lipinski definition) is 4. The first-order valence-electron chi connectivity index (χ1n) is 11.9. The van der Waals surface area contributed by atoms with Gasteiger partial charge in [0, 0.05) is 23.2 Å². The maximum Gasteiger partial charge on any atom is 0.350 e. The van der Waals surface area contributed by atoms with Crippen LogP contribution in [-0.2, 0) is 20.9 Å². The normalized spacial score (nSPS) is 11.7. The third-order valence-corrected chi connectivity index (χ3v) is 5.82. The van der Waals surface area contributed by atoms with Gasteiger partial charge in [0.2, 0.25) is 0 Å². The van der Waals surface area contributed by atoms with Crippen LogP contribution >= 0.6 is 11.6 Å². The SMILES string of the molecule is C#C/C(C(=O)OC)=C(/OCc1ccccc1)c1ccc(F)c(-c2cccc(Cl)c2)c1/C(C)=C\C.CC=NC. The van der Waals surface area contributed by atoms with Crippen LogP contribution in [0, 0.1) is 18.2 Å². The molecule has 4 nitrogen and oxygen atoms in total. The van der Waals surface area contributed by atoms with Gasteiger partial charge in [0.05, 0.1) is 7.11 Å². The van der Waals surface area contributed by atoms with Crippen molar-refractivity contribution in [1.29, 1.82) is 0 Å². The van der Waals surface area contributed by atoms with Crippen LogP contribution in [-0.4, -0.2) is 26.3 Å². The third-order valence-electron chi connectivity index (χ3n) is 5.58. The summed E-state index contributed by atoms with van der Waals surface area (Å²) in [5, 5.41) is 0.473. The summed E-state index contributed by atoms with van der Waals surface area (Å²) in [7, 11) is 2.99. The highest BCUT2D eigenvalue weighted by molar-refractivity contribution is 6.30. The number of nitrogens with zero attached hydrogens (tertiary/aromatic N) is 1. The molecule has 3 aromatic carbocycles. The van der Waals surface area contributed by atoms with Crippen molar-refractivity contribution in [1.82, 2.24) is 0 Å². The van der Waals surface area contributed by atoms with E-state index in [4.69, 9.17) is 27.5 Å². The van der Waals surface area contributed by atoms with E-state index >= 15 is 4.39 Å². The number of allylic oxidation sites excluding steroid dienone is 2. The number of ether oxygens (including phenoxy) is 2. The largest absolute Gasteiger partial charge is 0.487 e. The van der Waals surface area contributed by atoms with Crippen LogP contribution in [0.1, 0.15) is 37.5 Å². The number of halogens is 2. The second-order valence-corrected chi connectivity index (χ2v) is 8.39. The Kier molecular flexibility index (Phi) is 12.0. The van der Waals surface area contributed by atoms with Crippen molar-refractivity contribution in [3.63, 3.8) is 0 Å². The van der Waals surface area contributed by atoms with Gasteiger partial charge in [-0.3, -0.25) is 0 Å². The van der Waals surface area contributed by atoms with Crippen LogP contribution in [0.3, 0.4) is 0 Å². The van der Waals surface area contributed by atoms with Crippen LogP contribution in [0.25, 0.3) is 22.5 Å². The minimum absolute atomic E-state index is 0.0905. The van der Waals surface area contributed by atoms with E-state index in [9.17, 15) is 4.79 Å². The monoisotopic (exact) mass is 531 g/mol. The number of carbonyl (C=O) groups is 1. The molecule has 0 aromatic heterocycles. The van der Waals surface area contributed by atoms with Gasteiger partial charge in [0.15, 0.2) is 11.3 Å². The second kappa shape index (κ2) is 15.2. The Balaban J connectivity index is 0.00000118. The first-order valence-corrected chi connectivity index (χ1v) is 12.2. The van der Waals surface area contributed by atoms with E-state index < -0.39 is 11.8 Å². The summed E-state index contributed by atoms with van der Waals surface area (Å²) < 4.78 is 26.4. The highest BCUT2D eigenvalue weighted by Gasteiger charge is 2.25. The summed E-state index contributed by atoms with van der Waals surface area (Å²) in [6.07, 6.45) is 9.33. The molecular weight excluding hydrogens is 501 g/mol. The molecule has 38 heavy (non-hydrogen) atoms. The molecule has 0 aliphatic carbocycles. The third kappa shape index (κ3) is 7.68. The zero-order valence-electron chi connectivity index (χ0n) is 22.2. The molecule has 0 atom stereocenters. The molecule has 0 aliphatic heterocycles. The molecule has 0 saturated heterocycles. The van der Waals surface area contributed by atoms with Gasteiger partial charge in [-0.2, -0.15) is 0 Å². The van der Waals surface area contributed by atoms with Gasteiger partial charge in [-0.05, 0) is 73.5 Å². The fraction of sp³-hybridized carbons (Fsp3) is 0.188. The van der Waals surface area contributed by atoms with E-state index in [0.29, 0.717) is 27.3 Å². The van der Waals surface area contributed by atoms with E-state index in [0.717, 1.165) is 11.1 Å². The average molecular weight is 532 g/mol. The average Bonchev–Trinajstić information content (AvgIpc) is 2.95. The predicted octanol–water partition coefficient (Wildman–Crippen LogP) is 8.01. The second-order valence-electron chi connectivity index (χ2n) is 7.96. The Labute approximate surface area is 229 Å². The maximum atomic E-state index is 15.3. The molecular formula is C32H31ClFNO3. The first kappa shape index (κ1) is 30.1. The molecule has 0 heterocycles. The van der Waals surface area contributed by atoms with Gasteiger partial charge in [-0.15, -0.1) is 6.42 Å². The zero-order valence-corrected chi connectivity index (χ0v) is 23.0. The molecule has 0 bridgehead atoms. The number of aliphatic imine (C=N–C) groups is 1. The molecule has 6 heteroatoms. The minimum atomic E-state index is -0.719. The number of esters is 1. The van der Waals surface area contributed by atoms with Crippen LogP contribution in [0.2, 0.25) is 5.02 Å². The van der Waals surface area contributed by atoms with E-state index in [2.05, 4.69) is 10.9 Å². The number of benzene rings is 3. The summed E-state index contributed by atoms with van der Waals surface area (Å²) in [6.45, 7) is 5.74. The van der Waals surface area contributed by atoms with Crippen molar-refractivity contribution in [3.8, 4) is 23.5 Å². The Morgan fingerprint density at radius 1 is 1.11 bits per heavy atom. The smallest absolute Gasteiger partial charge is 0.350 e. The Hall–Kier alpha value is -4.14. The van der Waals surface area contributed by atoms with Crippen LogP contribution in [0.15, 0.2) is 83.4 Å². The molecule has 0 spiro atoms. The number of carbonyl (C=O) groups excluding carboxylic acids is 1. The highest BCUT2D eigenvalue weighted by Crippen LogP contribution is 2.39. The number of terminal acetylenes is 1. The summed E-state index contributed by atoms with van der Waals surface area (Å²) >= 11 is 6.21. The maximum absolute atomic E-state index is 15.3. The molecule has 0 N–H and O–H groups in total. The van der Waals surface area contributed by atoms with E-state index in [1.165, 1.54) is 13.2 Å². The summed E-state index contributed by atoms with van der Waals surface area (Å²) in [5.41, 5.74) is 3.50. The quantitative estimate of drug-likeness (QED) is 0.102. The van der Waals surface area contributed by atoms with Crippen LogP contribution in [0.4, 0.5) is 4.39 Å². The number of rotatable bonds is 7. The van der Waals surface area contributed by atoms with Gasteiger partial charge in [-0.25, -0.2) is 9.18 Å². The lowest BCUT2D eigenvalue weighted by atomic mass is 9.88. The van der Waals surface area contributed by atoms with E-state index in [1.807, 2.05) is 57.2 Å². The minimum Gasteiger partial charge on any atom is -0.487 e. The molecule has 0 unspecified atom stereocenters. The number of methoxy groups -OCH3 is 1. The summed E-state index contributed by atoms with van der Waals surface area (Å²) in [6, 6.07) is 19.3. The highest BCUT2D eigenvalue weighted by atomic mass is 35.5. The number of hydrogen-bond donors (Lipinski definition) is 0. The van der Waals surface area contributed by atoms with Crippen LogP contribution in [0.5, 0.6) is 0 Å². The first-order chi connectivity index (χ1) is 18.3. The summed E-state index contributed by atoms with van der Waals surface area (Å²) in [4.78, 5) is 16.2. The Morgan fingerprint density at radius 2 is 1.79 bits per heavy atom. The van der Waals surface area contributed by atoms with Crippen molar-refractivity contribution >= 4 is 35.1 Å².